The Balaban J connectivity index is 1.55. The van der Waals surface area contributed by atoms with Gasteiger partial charge in [0.05, 0.1) is 36.8 Å². The van der Waals surface area contributed by atoms with Crippen LogP contribution in [-0.2, 0) is 4.74 Å². The number of carbonyl (C=O) groups is 1. The molecule has 8 heteroatoms. The van der Waals surface area contributed by atoms with E-state index < -0.39 is 11.9 Å². The molecule has 3 heterocycles. The zero-order chi connectivity index (χ0) is 22.2. The Bertz CT molecular complexity index is 1240. The van der Waals surface area contributed by atoms with E-state index in [9.17, 15) is 14.0 Å². The number of nitrogens with zero attached hydrogens (tertiary/aromatic N) is 1. The summed E-state index contributed by atoms with van der Waals surface area (Å²) < 4.78 is 26.1. The third-order valence-corrected chi connectivity index (χ3v) is 6.49. The highest BCUT2D eigenvalue weighted by Crippen LogP contribution is 2.39. The van der Waals surface area contributed by atoms with Gasteiger partial charge < -0.3 is 19.0 Å². The fourth-order valence-electron chi connectivity index (χ4n) is 4.65. The van der Waals surface area contributed by atoms with Crippen molar-refractivity contribution >= 4 is 28.5 Å². The number of ether oxygens (including phenoxy) is 1. The number of nitrogens with one attached hydrogen (secondary N) is 1. The second kappa shape index (κ2) is 8.65. The molecule has 2 aliphatic heterocycles. The normalized spacial score (nSPS) is 19.0. The number of fused-ring (bicyclic) bond motifs is 2. The highest BCUT2D eigenvalue weighted by Gasteiger charge is 2.43. The molecule has 2 aliphatic rings. The number of benzene rings is 2. The first-order valence-corrected chi connectivity index (χ1v) is 11.2. The zero-order valence-corrected chi connectivity index (χ0v) is 18.2. The topological polar surface area (TPSA) is 64.2 Å². The van der Waals surface area contributed by atoms with Crippen molar-refractivity contribution in [2.24, 2.45) is 0 Å². The molecule has 2 aromatic carbocycles. The first kappa shape index (κ1) is 21.1. The molecule has 1 atom stereocenters. The highest BCUT2D eigenvalue weighted by molar-refractivity contribution is 6.31. The monoisotopic (exact) mass is 457 g/mol. The maximum absolute atomic E-state index is 14.8. The van der Waals surface area contributed by atoms with Gasteiger partial charge in [0, 0.05) is 23.6 Å². The SMILES string of the molecule is O=C1c2oc3ccc(Cl)cc3c(=O)c2[C@@H](c2ccccc2F)N1CCC[NH+]1CCOCC1. The van der Waals surface area contributed by atoms with Crippen LogP contribution in [0, 0.1) is 5.82 Å². The molecule has 32 heavy (non-hydrogen) atoms. The van der Waals surface area contributed by atoms with Crippen molar-refractivity contribution in [2.45, 2.75) is 12.5 Å². The minimum Gasteiger partial charge on any atom is -0.450 e. The summed E-state index contributed by atoms with van der Waals surface area (Å²) >= 11 is 6.09. The fraction of sp³-hybridized carbons (Fsp3) is 0.333. The van der Waals surface area contributed by atoms with Crippen LogP contribution < -0.4 is 10.3 Å². The largest absolute Gasteiger partial charge is 0.450 e. The maximum atomic E-state index is 14.8. The Hall–Kier alpha value is -2.74. The summed E-state index contributed by atoms with van der Waals surface area (Å²) in [6.45, 7) is 4.58. The predicted octanol–water partition coefficient (Wildman–Crippen LogP) is 2.44. The number of morpholine rings is 1. The molecule has 1 N–H and O–H groups in total. The molecule has 0 unspecified atom stereocenters. The van der Waals surface area contributed by atoms with Crippen LogP contribution in [0.25, 0.3) is 11.0 Å². The van der Waals surface area contributed by atoms with Crippen LogP contribution in [0.4, 0.5) is 4.39 Å². The number of hydrogen-bond donors (Lipinski definition) is 1. The molecule has 1 fully saturated rings. The molecule has 1 saturated heterocycles. The van der Waals surface area contributed by atoms with E-state index in [-0.39, 0.29) is 33.6 Å². The van der Waals surface area contributed by atoms with E-state index in [2.05, 4.69) is 0 Å². The number of rotatable bonds is 5. The van der Waals surface area contributed by atoms with Gasteiger partial charge in [-0.25, -0.2) is 4.39 Å². The number of amides is 1. The van der Waals surface area contributed by atoms with Crippen molar-refractivity contribution in [3.05, 3.63) is 80.4 Å². The summed E-state index contributed by atoms with van der Waals surface area (Å²) in [6, 6.07) is 10.1. The van der Waals surface area contributed by atoms with Gasteiger partial charge in [-0.15, -0.1) is 0 Å². The Morgan fingerprint density at radius 1 is 1.12 bits per heavy atom. The Kier molecular flexibility index (Phi) is 5.71. The number of quaternary nitrogens is 1. The van der Waals surface area contributed by atoms with Gasteiger partial charge in [0.2, 0.25) is 5.76 Å². The maximum Gasteiger partial charge on any atom is 0.290 e. The molecule has 1 aromatic heterocycles. The second-order valence-electron chi connectivity index (χ2n) is 8.20. The molecule has 166 valence electrons. The lowest BCUT2D eigenvalue weighted by molar-refractivity contribution is -0.908. The summed E-state index contributed by atoms with van der Waals surface area (Å²) in [5.41, 5.74) is 0.394. The molecular weight excluding hydrogens is 435 g/mol. The lowest BCUT2D eigenvalue weighted by Gasteiger charge is -2.27. The molecule has 0 saturated carbocycles. The van der Waals surface area contributed by atoms with E-state index in [1.54, 1.807) is 35.2 Å². The van der Waals surface area contributed by atoms with Gasteiger partial charge in [0.1, 0.15) is 24.5 Å². The van der Waals surface area contributed by atoms with Crippen molar-refractivity contribution in [3.63, 3.8) is 0 Å². The summed E-state index contributed by atoms with van der Waals surface area (Å²) in [5, 5.41) is 0.673. The minimum atomic E-state index is -0.835. The Morgan fingerprint density at radius 2 is 1.91 bits per heavy atom. The number of hydrogen-bond acceptors (Lipinski definition) is 4. The van der Waals surface area contributed by atoms with Crippen molar-refractivity contribution in [1.29, 1.82) is 0 Å². The lowest BCUT2D eigenvalue weighted by Crippen LogP contribution is -3.14. The summed E-state index contributed by atoms with van der Waals surface area (Å²) in [5.74, 6) is -0.872. The van der Waals surface area contributed by atoms with Crippen molar-refractivity contribution in [1.82, 2.24) is 4.90 Å². The van der Waals surface area contributed by atoms with Crippen LogP contribution in [0.15, 0.2) is 51.7 Å². The van der Waals surface area contributed by atoms with E-state index in [1.165, 1.54) is 17.0 Å². The third kappa shape index (κ3) is 3.70. The quantitative estimate of drug-likeness (QED) is 0.639. The van der Waals surface area contributed by atoms with Crippen LogP contribution in [0.5, 0.6) is 0 Å². The van der Waals surface area contributed by atoms with E-state index in [4.69, 9.17) is 20.8 Å². The molecule has 0 spiro atoms. The predicted molar refractivity (Wildman–Crippen MR) is 118 cm³/mol. The van der Waals surface area contributed by atoms with Crippen molar-refractivity contribution in [2.75, 3.05) is 39.4 Å². The Morgan fingerprint density at radius 3 is 2.69 bits per heavy atom. The van der Waals surface area contributed by atoms with E-state index in [0.29, 0.717) is 17.2 Å². The highest BCUT2D eigenvalue weighted by atomic mass is 35.5. The van der Waals surface area contributed by atoms with Gasteiger partial charge in [0.15, 0.2) is 5.43 Å². The van der Waals surface area contributed by atoms with Crippen LogP contribution in [-0.4, -0.2) is 50.2 Å². The first-order chi connectivity index (χ1) is 15.5. The van der Waals surface area contributed by atoms with Crippen LogP contribution >= 0.6 is 11.6 Å². The van der Waals surface area contributed by atoms with E-state index in [1.807, 2.05) is 0 Å². The summed E-state index contributed by atoms with van der Waals surface area (Å²) in [7, 11) is 0. The van der Waals surface area contributed by atoms with Gasteiger partial charge in [-0.3, -0.25) is 9.59 Å². The standard InChI is InChI=1S/C24H22ClFN2O4/c25-15-6-7-19-17(14-15)22(29)20-21(16-4-1-2-5-18(16)26)28(24(30)23(20)32-19)9-3-8-27-10-12-31-13-11-27/h1-2,4-7,14,21H,3,8-13H2/p+1/t21-/m1/s1. The lowest BCUT2D eigenvalue weighted by atomic mass is 9.98. The smallest absolute Gasteiger partial charge is 0.290 e. The summed E-state index contributed by atoms with van der Waals surface area (Å²) in [4.78, 5) is 29.8. The molecule has 6 nitrogen and oxygen atoms in total. The van der Waals surface area contributed by atoms with Crippen LogP contribution in [0.3, 0.4) is 0 Å². The van der Waals surface area contributed by atoms with Gasteiger partial charge in [0.25, 0.3) is 5.91 Å². The average molecular weight is 458 g/mol. The van der Waals surface area contributed by atoms with E-state index >= 15 is 0 Å². The third-order valence-electron chi connectivity index (χ3n) is 6.26. The number of halogens is 2. The second-order valence-corrected chi connectivity index (χ2v) is 8.64. The molecule has 3 aromatic rings. The fourth-order valence-corrected chi connectivity index (χ4v) is 4.82. The van der Waals surface area contributed by atoms with E-state index in [0.717, 1.165) is 39.3 Å². The molecule has 0 radical (unpaired) electrons. The van der Waals surface area contributed by atoms with Crippen molar-refractivity contribution < 1.29 is 23.2 Å². The zero-order valence-electron chi connectivity index (χ0n) is 17.4. The van der Waals surface area contributed by atoms with Gasteiger partial charge in [-0.1, -0.05) is 29.8 Å². The first-order valence-electron chi connectivity index (χ1n) is 10.8. The molecule has 0 bridgehead atoms. The van der Waals surface area contributed by atoms with Gasteiger partial charge in [-0.2, -0.15) is 0 Å². The van der Waals surface area contributed by atoms with Gasteiger partial charge >= 0.3 is 0 Å². The number of carbonyl (C=O) groups excluding carboxylic acids is 1. The minimum absolute atomic E-state index is 0.0169. The molecule has 1 amide bonds. The van der Waals surface area contributed by atoms with Crippen LogP contribution in [0.1, 0.15) is 34.1 Å². The van der Waals surface area contributed by atoms with Crippen molar-refractivity contribution in [3.8, 4) is 0 Å². The molecule has 5 rings (SSSR count). The molecular formula is C24H23ClFN2O4+. The molecule has 0 aliphatic carbocycles. The Labute approximate surface area is 189 Å². The average Bonchev–Trinajstić information content (AvgIpc) is 3.07. The van der Waals surface area contributed by atoms with Crippen LogP contribution in [0.2, 0.25) is 5.02 Å². The van der Waals surface area contributed by atoms with Gasteiger partial charge in [-0.05, 0) is 24.3 Å². The summed E-state index contributed by atoms with van der Waals surface area (Å²) in [6.07, 6.45) is 0.722.